The van der Waals surface area contributed by atoms with Crippen molar-refractivity contribution in [2.24, 2.45) is 5.73 Å². The second-order valence-corrected chi connectivity index (χ2v) is 19.9. The summed E-state index contributed by atoms with van der Waals surface area (Å²) in [6, 6.07) is 0. The summed E-state index contributed by atoms with van der Waals surface area (Å²) in [5.74, 6) is -0.805. The number of phosphoric acid groups is 1. The number of rotatable bonds is 52. The van der Waals surface area contributed by atoms with E-state index in [1.54, 1.807) is 0 Å². The van der Waals surface area contributed by atoms with E-state index in [4.69, 9.17) is 24.3 Å². The topological polar surface area (TPSA) is 134 Å². The molecule has 0 amide bonds. The predicted octanol–water partition coefficient (Wildman–Crippen LogP) is 16.3. The SMILES string of the molecule is CCCCCCCCCCCCCCCCCCCCCCCCCCC(=O)OC(COC(=O)CCCCCCCCCCCCCCCCCCC)COP(=O)(O)OCCN. The highest BCUT2D eigenvalue weighted by atomic mass is 31.2. The Morgan fingerprint density at radius 1 is 0.419 bits per heavy atom. The number of unbranched alkanes of at least 4 members (excludes halogenated alkanes) is 39. The first-order valence-electron chi connectivity index (χ1n) is 27.0. The molecule has 9 nitrogen and oxygen atoms in total. The molecule has 3 N–H and O–H groups in total. The molecule has 0 aliphatic heterocycles. The number of ether oxygens (including phenoxy) is 2. The van der Waals surface area contributed by atoms with E-state index in [-0.39, 0.29) is 38.6 Å². The summed E-state index contributed by atoms with van der Waals surface area (Å²) in [7, 11) is -4.38. The van der Waals surface area contributed by atoms with Crippen LogP contribution in [0.4, 0.5) is 0 Å². The number of carbonyl (C=O) groups is 2. The maximum Gasteiger partial charge on any atom is 0.472 e. The average Bonchev–Trinajstić information content (AvgIpc) is 3.26. The third-order valence-corrected chi connectivity index (χ3v) is 13.2. The van der Waals surface area contributed by atoms with Crippen molar-refractivity contribution < 1.29 is 37.6 Å². The lowest BCUT2D eigenvalue weighted by molar-refractivity contribution is -0.161. The van der Waals surface area contributed by atoms with E-state index < -0.39 is 26.5 Å². The zero-order chi connectivity index (χ0) is 45.3. The molecular formula is C52H104NO8P. The summed E-state index contributed by atoms with van der Waals surface area (Å²) < 4.78 is 33.0. The Morgan fingerprint density at radius 3 is 0.984 bits per heavy atom. The van der Waals surface area contributed by atoms with Crippen LogP contribution in [-0.2, 0) is 32.7 Å². The molecule has 0 aromatic rings. The molecular weight excluding hydrogens is 798 g/mol. The number of esters is 2. The van der Waals surface area contributed by atoms with Gasteiger partial charge < -0.3 is 20.1 Å². The predicted molar refractivity (Wildman–Crippen MR) is 262 cm³/mol. The standard InChI is InChI=1S/C52H104NO8P/c1-3-5-7-9-11-13-15-17-19-21-22-23-24-25-26-27-29-31-33-35-37-39-41-43-45-52(55)61-50(49-60-62(56,57)59-47-46-53)48-58-51(54)44-42-40-38-36-34-32-30-28-20-18-16-14-12-10-8-6-4-2/h50H,3-49,53H2,1-2H3,(H,56,57). The smallest absolute Gasteiger partial charge is 0.462 e. The van der Waals surface area contributed by atoms with Crippen LogP contribution in [0.1, 0.15) is 290 Å². The summed E-state index contributed by atoms with van der Waals surface area (Å²) in [4.78, 5) is 35.1. The third kappa shape index (κ3) is 48.5. The lowest BCUT2D eigenvalue weighted by Gasteiger charge is -2.19. The van der Waals surface area contributed by atoms with Crippen LogP contribution in [0.2, 0.25) is 0 Å². The van der Waals surface area contributed by atoms with Crippen LogP contribution in [0, 0.1) is 0 Å². The van der Waals surface area contributed by atoms with Crippen LogP contribution >= 0.6 is 7.82 Å². The van der Waals surface area contributed by atoms with Crippen LogP contribution < -0.4 is 5.73 Å². The Hall–Kier alpha value is -0.990. The molecule has 0 spiro atoms. The van der Waals surface area contributed by atoms with Gasteiger partial charge in [-0.05, 0) is 12.8 Å². The summed E-state index contributed by atoms with van der Waals surface area (Å²) in [6.45, 7) is 3.81. The van der Waals surface area contributed by atoms with Crippen molar-refractivity contribution in [2.75, 3.05) is 26.4 Å². The van der Waals surface area contributed by atoms with Crippen LogP contribution in [0.3, 0.4) is 0 Å². The second kappa shape index (κ2) is 49.4. The van der Waals surface area contributed by atoms with Crippen molar-refractivity contribution in [2.45, 2.75) is 296 Å². The minimum Gasteiger partial charge on any atom is -0.462 e. The minimum absolute atomic E-state index is 0.0585. The zero-order valence-corrected chi connectivity index (χ0v) is 42.0. The highest BCUT2D eigenvalue weighted by Gasteiger charge is 2.26. The van der Waals surface area contributed by atoms with Gasteiger partial charge in [-0.15, -0.1) is 0 Å². The molecule has 0 rings (SSSR count). The highest BCUT2D eigenvalue weighted by molar-refractivity contribution is 7.47. The van der Waals surface area contributed by atoms with Gasteiger partial charge in [0.1, 0.15) is 6.61 Å². The van der Waals surface area contributed by atoms with Gasteiger partial charge in [-0.25, -0.2) is 4.57 Å². The van der Waals surface area contributed by atoms with Crippen molar-refractivity contribution in [3.63, 3.8) is 0 Å². The fraction of sp³-hybridized carbons (Fsp3) is 0.962. The Balaban J connectivity index is 3.94. The Labute approximate surface area is 384 Å². The van der Waals surface area contributed by atoms with Crippen LogP contribution in [0.25, 0.3) is 0 Å². The molecule has 0 bridgehead atoms. The summed E-state index contributed by atoms with van der Waals surface area (Å²) in [5, 5.41) is 0. The fourth-order valence-electron chi connectivity index (χ4n) is 8.23. The molecule has 10 heteroatoms. The van der Waals surface area contributed by atoms with Gasteiger partial charge in [0.2, 0.25) is 0 Å². The Bertz CT molecular complexity index is 984. The molecule has 0 aromatic carbocycles. The Kier molecular flexibility index (Phi) is 48.7. The zero-order valence-electron chi connectivity index (χ0n) is 41.1. The van der Waals surface area contributed by atoms with Gasteiger partial charge in [0, 0.05) is 19.4 Å². The van der Waals surface area contributed by atoms with Gasteiger partial charge in [-0.2, -0.15) is 0 Å². The number of hydrogen-bond acceptors (Lipinski definition) is 8. The van der Waals surface area contributed by atoms with Gasteiger partial charge in [-0.3, -0.25) is 18.6 Å². The molecule has 0 aromatic heterocycles. The monoisotopic (exact) mass is 902 g/mol. The summed E-state index contributed by atoms with van der Waals surface area (Å²) in [6.07, 6.45) is 52.9. The largest absolute Gasteiger partial charge is 0.472 e. The molecule has 0 aliphatic carbocycles. The van der Waals surface area contributed by atoms with E-state index in [2.05, 4.69) is 13.8 Å². The molecule has 0 aliphatic rings. The van der Waals surface area contributed by atoms with Gasteiger partial charge >= 0.3 is 19.8 Å². The molecule has 370 valence electrons. The maximum atomic E-state index is 12.7. The number of phosphoric ester groups is 1. The second-order valence-electron chi connectivity index (χ2n) is 18.5. The number of carbonyl (C=O) groups excluding carboxylic acids is 2. The molecule has 62 heavy (non-hydrogen) atoms. The maximum absolute atomic E-state index is 12.7. The number of hydrogen-bond donors (Lipinski definition) is 2. The van der Waals surface area contributed by atoms with Crippen LogP contribution in [-0.4, -0.2) is 49.3 Å². The first-order chi connectivity index (χ1) is 30.3. The van der Waals surface area contributed by atoms with E-state index in [1.807, 2.05) is 0 Å². The molecule has 0 saturated heterocycles. The molecule has 0 heterocycles. The van der Waals surface area contributed by atoms with Gasteiger partial charge in [0.05, 0.1) is 13.2 Å². The van der Waals surface area contributed by atoms with Crippen molar-refractivity contribution in [1.82, 2.24) is 0 Å². The average molecular weight is 902 g/mol. The normalized spacial score (nSPS) is 13.0. The van der Waals surface area contributed by atoms with E-state index in [1.165, 1.54) is 225 Å². The third-order valence-electron chi connectivity index (χ3n) is 12.2. The van der Waals surface area contributed by atoms with Crippen molar-refractivity contribution >= 4 is 19.8 Å². The van der Waals surface area contributed by atoms with Gasteiger partial charge in [0.15, 0.2) is 6.10 Å². The van der Waals surface area contributed by atoms with E-state index >= 15 is 0 Å². The van der Waals surface area contributed by atoms with Crippen molar-refractivity contribution in [3.8, 4) is 0 Å². The van der Waals surface area contributed by atoms with E-state index in [9.17, 15) is 19.0 Å². The van der Waals surface area contributed by atoms with Crippen LogP contribution in [0.15, 0.2) is 0 Å². The minimum atomic E-state index is -4.38. The van der Waals surface area contributed by atoms with Crippen LogP contribution in [0.5, 0.6) is 0 Å². The lowest BCUT2D eigenvalue weighted by Crippen LogP contribution is -2.29. The highest BCUT2D eigenvalue weighted by Crippen LogP contribution is 2.43. The first kappa shape index (κ1) is 61.0. The van der Waals surface area contributed by atoms with Gasteiger partial charge in [-0.1, -0.05) is 264 Å². The van der Waals surface area contributed by atoms with Crippen molar-refractivity contribution in [1.29, 1.82) is 0 Å². The molecule has 2 atom stereocenters. The van der Waals surface area contributed by atoms with Gasteiger partial charge in [0.25, 0.3) is 0 Å². The first-order valence-corrected chi connectivity index (χ1v) is 28.5. The number of nitrogens with two attached hydrogens (primary N) is 1. The summed E-state index contributed by atoms with van der Waals surface area (Å²) >= 11 is 0. The Morgan fingerprint density at radius 2 is 0.694 bits per heavy atom. The molecule has 0 fully saturated rings. The molecule has 0 saturated carbocycles. The lowest BCUT2D eigenvalue weighted by atomic mass is 10.0. The molecule has 0 radical (unpaired) electrons. The molecule has 2 unspecified atom stereocenters. The van der Waals surface area contributed by atoms with Crippen molar-refractivity contribution in [3.05, 3.63) is 0 Å². The van der Waals surface area contributed by atoms with E-state index in [0.717, 1.165) is 32.1 Å². The fourth-order valence-corrected chi connectivity index (χ4v) is 8.99. The van der Waals surface area contributed by atoms with E-state index in [0.29, 0.717) is 6.42 Å². The summed E-state index contributed by atoms with van der Waals surface area (Å²) in [5.41, 5.74) is 5.37. The quantitative estimate of drug-likeness (QED) is 0.0347.